The lowest BCUT2D eigenvalue weighted by Gasteiger charge is -2.21. The van der Waals surface area contributed by atoms with Gasteiger partial charge in [0.1, 0.15) is 0 Å². The third-order valence-corrected chi connectivity index (χ3v) is 4.81. The Morgan fingerprint density at radius 2 is 1.76 bits per heavy atom. The molecule has 2 aromatic carbocycles. The number of amides is 1. The maximum absolute atomic E-state index is 12.9. The van der Waals surface area contributed by atoms with Gasteiger partial charge in [0.15, 0.2) is 0 Å². The van der Waals surface area contributed by atoms with Gasteiger partial charge in [-0.3, -0.25) is 9.78 Å². The highest BCUT2D eigenvalue weighted by Crippen LogP contribution is 2.32. The van der Waals surface area contributed by atoms with E-state index in [-0.39, 0.29) is 5.91 Å². The Morgan fingerprint density at radius 1 is 1.00 bits per heavy atom. The van der Waals surface area contributed by atoms with E-state index in [2.05, 4.69) is 4.98 Å². The van der Waals surface area contributed by atoms with Gasteiger partial charge in [-0.15, -0.1) is 0 Å². The molecule has 0 atom stereocenters. The van der Waals surface area contributed by atoms with Crippen LogP contribution in [0.3, 0.4) is 0 Å². The summed E-state index contributed by atoms with van der Waals surface area (Å²) in [6.07, 6.45) is 3.42. The molecular formula is C20H16Cl2N2O. The zero-order chi connectivity index (χ0) is 18.0. The molecule has 0 saturated heterocycles. The van der Waals surface area contributed by atoms with Gasteiger partial charge in [0, 0.05) is 24.4 Å². The molecule has 0 bridgehead atoms. The molecule has 3 rings (SSSR count). The first-order chi connectivity index (χ1) is 12.0. The molecule has 0 saturated carbocycles. The van der Waals surface area contributed by atoms with E-state index in [0.29, 0.717) is 15.6 Å². The second-order valence-electron chi connectivity index (χ2n) is 5.70. The van der Waals surface area contributed by atoms with Gasteiger partial charge < -0.3 is 4.90 Å². The highest BCUT2D eigenvalue weighted by Gasteiger charge is 2.18. The topological polar surface area (TPSA) is 33.2 Å². The number of pyridine rings is 1. The molecular weight excluding hydrogens is 355 g/mol. The van der Waals surface area contributed by atoms with E-state index in [1.165, 1.54) is 0 Å². The zero-order valence-corrected chi connectivity index (χ0v) is 15.3. The Morgan fingerprint density at radius 3 is 2.48 bits per heavy atom. The van der Waals surface area contributed by atoms with Crippen molar-refractivity contribution in [3.63, 3.8) is 0 Å². The zero-order valence-electron chi connectivity index (χ0n) is 13.8. The Kier molecular flexibility index (Phi) is 5.07. The molecule has 0 radical (unpaired) electrons. The largest absolute Gasteiger partial charge is 0.309 e. The number of anilines is 1. The van der Waals surface area contributed by atoms with E-state index < -0.39 is 0 Å². The lowest BCUT2D eigenvalue weighted by Crippen LogP contribution is -2.27. The summed E-state index contributed by atoms with van der Waals surface area (Å²) in [5.41, 5.74) is 4.34. The van der Waals surface area contributed by atoms with Crippen LogP contribution in [0.2, 0.25) is 10.0 Å². The summed E-state index contributed by atoms with van der Waals surface area (Å²) in [6.45, 7) is 2.04. The Bertz CT molecular complexity index is 940. The smallest absolute Gasteiger partial charge is 0.258 e. The minimum Gasteiger partial charge on any atom is -0.309 e. The number of halogens is 2. The number of hydrogen-bond donors (Lipinski definition) is 0. The molecule has 0 spiro atoms. The van der Waals surface area contributed by atoms with E-state index >= 15 is 0 Å². The van der Waals surface area contributed by atoms with Crippen molar-refractivity contribution in [3.8, 4) is 11.1 Å². The van der Waals surface area contributed by atoms with Crippen LogP contribution in [0, 0.1) is 6.92 Å². The van der Waals surface area contributed by atoms with Gasteiger partial charge in [-0.25, -0.2) is 0 Å². The molecule has 1 heterocycles. The Hall–Kier alpha value is -2.36. The quantitative estimate of drug-likeness (QED) is 0.597. The van der Waals surface area contributed by atoms with E-state index in [1.54, 1.807) is 42.5 Å². The summed E-state index contributed by atoms with van der Waals surface area (Å²) in [4.78, 5) is 18.6. The summed E-state index contributed by atoms with van der Waals surface area (Å²) in [5.74, 6) is -0.179. The van der Waals surface area contributed by atoms with Crippen LogP contribution in [-0.4, -0.2) is 17.9 Å². The predicted octanol–water partition coefficient (Wildman–Crippen LogP) is 5.64. The van der Waals surface area contributed by atoms with Crippen LogP contribution in [0.5, 0.6) is 0 Å². The number of carbonyl (C=O) groups excluding carboxylic acids is 1. The fourth-order valence-electron chi connectivity index (χ4n) is 2.69. The van der Waals surface area contributed by atoms with Crippen LogP contribution in [0.1, 0.15) is 15.9 Å². The molecule has 126 valence electrons. The van der Waals surface area contributed by atoms with Crippen LogP contribution < -0.4 is 4.90 Å². The maximum atomic E-state index is 12.9. The van der Waals surface area contributed by atoms with Crippen LogP contribution >= 0.6 is 23.2 Å². The fourth-order valence-corrected chi connectivity index (χ4v) is 2.99. The van der Waals surface area contributed by atoms with Gasteiger partial charge in [0.25, 0.3) is 5.91 Å². The SMILES string of the molecule is Cc1ccccc1-c1ccncc1N(C)C(=O)c1ccc(Cl)c(Cl)c1. The summed E-state index contributed by atoms with van der Waals surface area (Å²) in [7, 11) is 1.73. The number of rotatable bonds is 3. The number of carbonyl (C=O) groups is 1. The van der Waals surface area contributed by atoms with Gasteiger partial charge in [-0.2, -0.15) is 0 Å². The van der Waals surface area contributed by atoms with E-state index in [1.807, 2.05) is 37.3 Å². The summed E-state index contributed by atoms with van der Waals surface area (Å²) in [5, 5.41) is 0.772. The third kappa shape index (κ3) is 3.53. The second kappa shape index (κ2) is 7.26. The lowest BCUT2D eigenvalue weighted by molar-refractivity contribution is 0.0993. The van der Waals surface area contributed by atoms with Crippen molar-refractivity contribution in [3.05, 3.63) is 82.1 Å². The van der Waals surface area contributed by atoms with Gasteiger partial charge in [0.05, 0.1) is 21.9 Å². The van der Waals surface area contributed by atoms with Crippen LogP contribution in [0.15, 0.2) is 60.9 Å². The van der Waals surface area contributed by atoms with Gasteiger partial charge in [-0.1, -0.05) is 47.5 Å². The monoisotopic (exact) mass is 370 g/mol. The molecule has 0 aliphatic rings. The minimum atomic E-state index is -0.179. The first-order valence-electron chi connectivity index (χ1n) is 7.72. The van der Waals surface area contributed by atoms with Gasteiger partial charge >= 0.3 is 0 Å². The molecule has 0 unspecified atom stereocenters. The van der Waals surface area contributed by atoms with Crippen molar-refractivity contribution in [2.45, 2.75) is 6.92 Å². The van der Waals surface area contributed by atoms with Crippen LogP contribution in [-0.2, 0) is 0 Å². The molecule has 3 nitrogen and oxygen atoms in total. The predicted molar refractivity (Wildman–Crippen MR) is 104 cm³/mol. The number of benzene rings is 2. The normalized spacial score (nSPS) is 10.6. The molecule has 1 aromatic heterocycles. The van der Waals surface area contributed by atoms with Crippen molar-refractivity contribution in [1.29, 1.82) is 0 Å². The van der Waals surface area contributed by atoms with Gasteiger partial charge in [0.2, 0.25) is 0 Å². The highest BCUT2D eigenvalue weighted by molar-refractivity contribution is 6.42. The van der Waals surface area contributed by atoms with Crippen LogP contribution in [0.4, 0.5) is 5.69 Å². The van der Waals surface area contributed by atoms with Crippen molar-refractivity contribution >= 4 is 34.8 Å². The molecule has 3 aromatic rings. The summed E-state index contributed by atoms with van der Waals surface area (Å²) in [6, 6.07) is 14.8. The molecule has 25 heavy (non-hydrogen) atoms. The van der Waals surface area contributed by atoms with E-state index in [0.717, 1.165) is 22.4 Å². The van der Waals surface area contributed by atoms with Gasteiger partial charge in [-0.05, 0) is 42.3 Å². The first kappa shape index (κ1) is 17.5. The molecule has 5 heteroatoms. The molecule has 0 N–H and O–H groups in total. The number of hydrogen-bond acceptors (Lipinski definition) is 2. The van der Waals surface area contributed by atoms with Crippen LogP contribution in [0.25, 0.3) is 11.1 Å². The van der Waals surface area contributed by atoms with Crippen molar-refractivity contribution in [2.75, 3.05) is 11.9 Å². The Labute approximate surface area is 156 Å². The maximum Gasteiger partial charge on any atom is 0.258 e. The number of aromatic nitrogens is 1. The standard InChI is InChI=1S/C20H16Cl2N2O/c1-13-5-3-4-6-15(13)16-9-10-23-12-19(16)24(2)20(25)14-7-8-17(21)18(22)11-14/h3-12H,1-2H3. The molecule has 0 aliphatic heterocycles. The summed E-state index contributed by atoms with van der Waals surface area (Å²) < 4.78 is 0. The van der Waals surface area contributed by atoms with Crippen molar-refractivity contribution in [2.24, 2.45) is 0 Å². The number of aryl methyl sites for hydroxylation is 1. The summed E-state index contributed by atoms with van der Waals surface area (Å²) >= 11 is 12.0. The minimum absolute atomic E-state index is 0.179. The highest BCUT2D eigenvalue weighted by atomic mass is 35.5. The first-order valence-corrected chi connectivity index (χ1v) is 8.47. The Balaban J connectivity index is 2.03. The molecule has 1 amide bonds. The second-order valence-corrected chi connectivity index (χ2v) is 6.52. The van der Waals surface area contributed by atoms with Crippen molar-refractivity contribution < 1.29 is 4.79 Å². The lowest BCUT2D eigenvalue weighted by atomic mass is 10.00. The average Bonchev–Trinajstić information content (AvgIpc) is 2.63. The fraction of sp³-hybridized carbons (Fsp3) is 0.100. The molecule has 0 aliphatic carbocycles. The average molecular weight is 371 g/mol. The van der Waals surface area contributed by atoms with Crippen molar-refractivity contribution in [1.82, 2.24) is 4.98 Å². The third-order valence-electron chi connectivity index (χ3n) is 4.07. The van der Waals surface area contributed by atoms with E-state index in [4.69, 9.17) is 23.2 Å². The molecule has 0 fully saturated rings. The number of nitrogens with zero attached hydrogens (tertiary/aromatic N) is 2. The van der Waals surface area contributed by atoms with E-state index in [9.17, 15) is 4.79 Å².